The second-order valence-electron chi connectivity index (χ2n) is 3.04. The lowest BCUT2D eigenvalue weighted by molar-refractivity contribution is -0.115. The van der Waals surface area contributed by atoms with Gasteiger partial charge in [0.15, 0.2) is 0 Å². The number of hydrogen-bond acceptors (Lipinski definition) is 2. The van der Waals surface area contributed by atoms with E-state index in [-0.39, 0.29) is 5.91 Å². The Balaban J connectivity index is 2.52. The maximum absolute atomic E-state index is 11.1. The highest BCUT2D eigenvalue weighted by molar-refractivity contribution is 6.34. The zero-order chi connectivity index (χ0) is 9.42. The summed E-state index contributed by atoms with van der Waals surface area (Å²) in [5, 5.41) is 3.28. The molecule has 0 spiro atoms. The van der Waals surface area contributed by atoms with Crippen molar-refractivity contribution in [1.29, 1.82) is 0 Å². The molecule has 0 radical (unpaired) electrons. The van der Waals surface area contributed by atoms with Gasteiger partial charge < -0.3 is 11.1 Å². The van der Waals surface area contributed by atoms with Crippen molar-refractivity contribution in [2.24, 2.45) is 5.73 Å². The molecule has 1 aliphatic heterocycles. The Morgan fingerprint density at radius 1 is 1.54 bits per heavy atom. The Morgan fingerprint density at radius 2 is 2.31 bits per heavy atom. The summed E-state index contributed by atoms with van der Waals surface area (Å²) in [6.45, 7) is 0.446. The predicted molar refractivity (Wildman–Crippen MR) is 51.7 cm³/mol. The van der Waals surface area contributed by atoms with E-state index in [9.17, 15) is 4.79 Å². The summed E-state index contributed by atoms with van der Waals surface area (Å²) in [7, 11) is 0. The van der Waals surface area contributed by atoms with E-state index < -0.39 is 0 Å². The first-order valence-corrected chi connectivity index (χ1v) is 4.39. The van der Waals surface area contributed by atoms with Gasteiger partial charge in [-0.05, 0) is 17.2 Å². The van der Waals surface area contributed by atoms with E-state index in [2.05, 4.69) is 5.32 Å². The van der Waals surface area contributed by atoms with Crippen LogP contribution in [0.15, 0.2) is 12.1 Å². The van der Waals surface area contributed by atoms with Crippen LogP contribution in [0, 0.1) is 0 Å². The number of halogens is 1. The number of amides is 1. The number of nitrogens with two attached hydrogens (primary N) is 1. The standard InChI is InChI=1S/C9H9ClN2O/c10-7-2-5(4-11)1-6-3-8(13)12-9(6)7/h1-2H,3-4,11H2,(H,12,13). The average Bonchev–Trinajstić information content (AvgIpc) is 2.46. The van der Waals surface area contributed by atoms with Crippen molar-refractivity contribution in [3.63, 3.8) is 0 Å². The molecule has 0 aliphatic carbocycles. The lowest BCUT2D eigenvalue weighted by atomic mass is 10.1. The topological polar surface area (TPSA) is 55.1 Å². The highest BCUT2D eigenvalue weighted by Crippen LogP contribution is 2.32. The zero-order valence-electron chi connectivity index (χ0n) is 6.93. The summed E-state index contributed by atoms with van der Waals surface area (Å²) < 4.78 is 0. The van der Waals surface area contributed by atoms with Gasteiger partial charge in [0.2, 0.25) is 5.91 Å². The van der Waals surface area contributed by atoms with Crippen LogP contribution >= 0.6 is 11.6 Å². The van der Waals surface area contributed by atoms with Crippen LogP contribution in [0.5, 0.6) is 0 Å². The fourth-order valence-corrected chi connectivity index (χ4v) is 1.79. The van der Waals surface area contributed by atoms with Crippen LogP contribution in [-0.2, 0) is 17.8 Å². The van der Waals surface area contributed by atoms with E-state index in [4.69, 9.17) is 17.3 Å². The van der Waals surface area contributed by atoms with Gasteiger partial charge in [-0.1, -0.05) is 17.7 Å². The van der Waals surface area contributed by atoms with Gasteiger partial charge in [0.25, 0.3) is 0 Å². The molecule has 0 atom stereocenters. The number of carbonyl (C=O) groups excluding carboxylic acids is 1. The molecule has 3 nitrogen and oxygen atoms in total. The Morgan fingerprint density at radius 3 is 3.00 bits per heavy atom. The number of benzene rings is 1. The first-order chi connectivity index (χ1) is 6.20. The third-order valence-electron chi connectivity index (χ3n) is 2.08. The Kier molecular flexibility index (Phi) is 1.98. The fraction of sp³-hybridized carbons (Fsp3) is 0.222. The van der Waals surface area contributed by atoms with Gasteiger partial charge in [0.05, 0.1) is 17.1 Å². The van der Waals surface area contributed by atoms with E-state index in [0.717, 1.165) is 16.8 Å². The maximum atomic E-state index is 11.1. The molecule has 1 heterocycles. The number of anilines is 1. The monoisotopic (exact) mass is 196 g/mol. The smallest absolute Gasteiger partial charge is 0.228 e. The van der Waals surface area contributed by atoms with Crippen LogP contribution in [0.25, 0.3) is 0 Å². The fourth-order valence-electron chi connectivity index (χ4n) is 1.48. The molecule has 1 aliphatic rings. The van der Waals surface area contributed by atoms with E-state index in [1.165, 1.54) is 0 Å². The second kappa shape index (κ2) is 3.01. The van der Waals surface area contributed by atoms with Gasteiger partial charge in [0.1, 0.15) is 0 Å². The van der Waals surface area contributed by atoms with E-state index in [1.54, 1.807) is 6.07 Å². The zero-order valence-corrected chi connectivity index (χ0v) is 7.69. The summed E-state index contributed by atoms with van der Waals surface area (Å²) in [4.78, 5) is 11.1. The van der Waals surface area contributed by atoms with Crippen molar-refractivity contribution in [3.05, 3.63) is 28.3 Å². The summed E-state index contributed by atoms with van der Waals surface area (Å²) in [6.07, 6.45) is 0.406. The van der Waals surface area contributed by atoms with Crippen molar-refractivity contribution in [1.82, 2.24) is 0 Å². The number of fused-ring (bicyclic) bond motifs is 1. The lowest BCUT2D eigenvalue weighted by Crippen LogP contribution is -2.03. The highest BCUT2D eigenvalue weighted by Gasteiger charge is 2.20. The molecule has 0 saturated heterocycles. The van der Waals surface area contributed by atoms with Crippen molar-refractivity contribution in [3.8, 4) is 0 Å². The summed E-state index contributed by atoms with van der Waals surface area (Å²) in [5.41, 5.74) is 8.12. The van der Waals surface area contributed by atoms with Crippen molar-refractivity contribution >= 4 is 23.2 Å². The van der Waals surface area contributed by atoms with Crippen LogP contribution < -0.4 is 11.1 Å². The van der Waals surface area contributed by atoms with Gasteiger partial charge in [0, 0.05) is 6.54 Å². The highest BCUT2D eigenvalue weighted by atomic mass is 35.5. The Bertz CT molecular complexity index is 376. The molecule has 3 N–H and O–H groups in total. The molecule has 68 valence electrons. The first kappa shape index (κ1) is 8.53. The molecule has 0 aromatic heterocycles. The Hall–Kier alpha value is -1.06. The molecule has 2 rings (SSSR count). The van der Waals surface area contributed by atoms with Gasteiger partial charge in [-0.25, -0.2) is 0 Å². The molecule has 0 saturated carbocycles. The van der Waals surface area contributed by atoms with E-state index in [1.807, 2.05) is 6.07 Å². The van der Waals surface area contributed by atoms with Crippen molar-refractivity contribution in [2.45, 2.75) is 13.0 Å². The Labute approximate surface area is 80.9 Å². The SMILES string of the molecule is NCc1cc(Cl)c2c(c1)CC(=O)N2. The predicted octanol–water partition coefficient (Wildman–Crippen LogP) is 1.29. The van der Waals surface area contributed by atoms with Crippen LogP contribution in [0.4, 0.5) is 5.69 Å². The second-order valence-corrected chi connectivity index (χ2v) is 3.45. The lowest BCUT2D eigenvalue weighted by Gasteiger charge is -2.04. The minimum absolute atomic E-state index is 0.00827. The van der Waals surface area contributed by atoms with Crippen LogP contribution in [0.2, 0.25) is 5.02 Å². The number of hydrogen-bond donors (Lipinski definition) is 2. The molecular formula is C9H9ClN2O. The van der Waals surface area contributed by atoms with Gasteiger partial charge in [-0.3, -0.25) is 4.79 Å². The minimum Gasteiger partial charge on any atom is -0.326 e. The third-order valence-corrected chi connectivity index (χ3v) is 2.38. The van der Waals surface area contributed by atoms with Crippen molar-refractivity contribution < 1.29 is 4.79 Å². The maximum Gasteiger partial charge on any atom is 0.228 e. The molecule has 0 unspecified atom stereocenters. The quantitative estimate of drug-likeness (QED) is 0.711. The normalized spacial score (nSPS) is 14.2. The molecular weight excluding hydrogens is 188 g/mol. The van der Waals surface area contributed by atoms with Gasteiger partial charge in [-0.15, -0.1) is 0 Å². The largest absolute Gasteiger partial charge is 0.326 e. The molecule has 1 aromatic carbocycles. The number of rotatable bonds is 1. The number of carbonyl (C=O) groups is 1. The summed E-state index contributed by atoms with van der Waals surface area (Å²) in [5.74, 6) is -0.00827. The third kappa shape index (κ3) is 1.41. The van der Waals surface area contributed by atoms with Crippen molar-refractivity contribution in [2.75, 3.05) is 5.32 Å². The van der Waals surface area contributed by atoms with Gasteiger partial charge in [-0.2, -0.15) is 0 Å². The van der Waals surface area contributed by atoms with E-state index in [0.29, 0.717) is 18.0 Å². The molecule has 13 heavy (non-hydrogen) atoms. The average molecular weight is 197 g/mol. The molecule has 4 heteroatoms. The molecule has 0 fully saturated rings. The molecule has 0 bridgehead atoms. The van der Waals surface area contributed by atoms with E-state index >= 15 is 0 Å². The van der Waals surface area contributed by atoms with Gasteiger partial charge >= 0.3 is 0 Å². The minimum atomic E-state index is -0.00827. The van der Waals surface area contributed by atoms with Crippen LogP contribution in [-0.4, -0.2) is 5.91 Å². The summed E-state index contributed by atoms with van der Waals surface area (Å²) in [6, 6.07) is 3.70. The number of nitrogens with one attached hydrogen (secondary N) is 1. The van der Waals surface area contributed by atoms with Crippen LogP contribution in [0.1, 0.15) is 11.1 Å². The molecule has 1 aromatic rings. The summed E-state index contributed by atoms with van der Waals surface area (Å²) >= 11 is 5.95. The van der Waals surface area contributed by atoms with Crippen LogP contribution in [0.3, 0.4) is 0 Å². The molecule has 1 amide bonds. The first-order valence-electron chi connectivity index (χ1n) is 4.02.